The summed E-state index contributed by atoms with van der Waals surface area (Å²) in [6, 6.07) is 9.07. The van der Waals surface area contributed by atoms with E-state index in [0.717, 1.165) is 12.5 Å². The summed E-state index contributed by atoms with van der Waals surface area (Å²) >= 11 is 0. The van der Waals surface area contributed by atoms with Gasteiger partial charge in [-0.25, -0.2) is 0 Å². The number of likely N-dealkylation sites (tertiary alicyclic amines) is 1. The normalized spacial score (nSPS) is 19.6. The summed E-state index contributed by atoms with van der Waals surface area (Å²) in [7, 11) is 0. The van der Waals surface area contributed by atoms with Gasteiger partial charge in [0.25, 0.3) is 11.8 Å². The highest BCUT2D eigenvalue weighted by molar-refractivity contribution is 6.08. The molecule has 0 spiro atoms. The average molecular weight is 371 g/mol. The van der Waals surface area contributed by atoms with Crippen molar-refractivity contribution in [2.75, 3.05) is 18.4 Å². The van der Waals surface area contributed by atoms with Crippen molar-refractivity contribution in [3.63, 3.8) is 0 Å². The third-order valence-corrected chi connectivity index (χ3v) is 4.56. The van der Waals surface area contributed by atoms with Crippen molar-refractivity contribution in [3.8, 4) is 0 Å². The lowest BCUT2D eigenvalue weighted by Crippen LogP contribution is -2.42. The second kappa shape index (κ2) is 7.61. The van der Waals surface area contributed by atoms with Gasteiger partial charge in [-0.2, -0.15) is 0 Å². The monoisotopic (exact) mass is 371 g/mol. The number of amides is 2. The number of hydrogen-bond acceptors (Lipinski definition) is 5. The number of furan rings is 1. The molecule has 142 valence electrons. The quantitative estimate of drug-likeness (QED) is 0.653. The van der Waals surface area contributed by atoms with E-state index < -0.39 is 16.7 Å². The molecule has 1 saturated heterocycles. The van der Waals surface area contributed by atoms with Crippen molar-refractivity contribution in [3.05, 3.63) is 57.8 Å². The Kier molecular flexibility index (Phi) is 5.25. The lowest BCUT2D eigenvalue weighted by molar-refractivity contribution is -0.402. The Balaban J connectivity index is 1.80. The molecule has 1 aromatic heterocycles. The molecular formula is C19H21N3O5. The van der Waals surface area contributed by atoms with E-state index in [4.69, 9.17) is 4.42 Å². The van der Waals surface area contributed by atoms with Gasteiger partial charge in [-0.15, -0.1) is 0 Å². The molecule has 0 radical (unpaired) electrons. The van der Waals surface area contributed by atoms with Crippen LogP contribution in [0.25, 0.3) is 0 Å². The van der Waals surface area contributed by atoms with Gasteiger partial charge in [-0.1, -0.05) is 26.0 Å². The van der Waals surface area contributed by atoms with Crippen LogP contribution < -0.4 is 5.32 Å². The fraction of sp³-hybridized carbons (Fsp3) is 0.368. The van der Waals surface area contributed by atoms with Gasteiger partial charge < -0.3 is 14.6 Å². The van der Waals surface area contributed by atoms with Crippen LogP contribution in [0, 0.1) is 22.0 Å². The van der Waals surface area contributed by atoms with Gasteiger partial charge in [-0.05, 0) is 36.5 Å². The zero-order chi connectivity index (χ0) is 19.6. The van der Waals surface area contributed by atoms with Crippen LogP contribution in [0.2, 0.25) is 0 Å². The van der Waals surface area contributed by atoms with Gasteiger partial charge in [0.05, 0.1) is 17.3 Å². The molecule has 0 bridgehead atoms. The van der Waals surface area contributed by atoms with Crippen LogP contribution >= 0.6 is 0 Å². The van der Waals surface area contributed by atoms with Gasteiger partial charge in [0, 0.05) is 13.1 Å². The molecule has 2 unspecified atom stereocenters. The molecule has 8 heteroatoms. The standard InChI is InChI=1S/C19H21N3O5/c1-12-9-13(2)11-21(10-12)19(24)14-5-3-4-6-15(14)20-18(23)16-7-8-17(27-16)22(25)26/h3-8,12-13H,9-11H2,1-2H3,(H,20,23). The molecule has 0 aliphatic carbocycles. The first-order valence-corrected chi connectivity index (χ1v) is 8.79. The number of nitro groups is 1. The topological polar surface area (TPSA) is 106 Å². The number of piperidine rings is 1. The Morgan fingerprint density at radius 2 is 1.81 bits per heavy atom. The van der Waals surface area contributed by atoms with Crippen molar-refractivity contribution >= 4 is 23.4 Å². The van der Waals surface area contributed by atoms with Gasteiger partial charge in [0.15, 0.2) is 5.76 Å². The fourth-order valence-electron chi connectivity index (χ4n) is 3.51. The molecule has 1 aliphatic rings. The van der Waals surface area contributed by atoms with E-state index in [0.29, 0.717) is 36.2 Å². The first kappa shape index (κ1) is 18.6. The molecule has 1 aliphatic heterocycles. The second-order valence-corrected chi connectivity index (χ2v) is 7.05. The third kappa shape index (κ3) is 4.16. The van der Waals surface area contributed by atoms with Gasteiger partial charge >= 0.3 is 5.88 Å². The zero-order valence-electron chi connectivity index (χ0n) is 15.2. The molecule has 1 fully saturated rings. The van der Waals surface area contributed by atoms with Crippen LogP contribution in [0.15, 0.2) is 40.8 Å². The van der Waals surface area contributed by atoms with E-state index in [1.54, 1.807) is 24.3 Å². The van der Waals surface area contributed by atoms with Crippen LogP contribution in [-0.2, 0) is 0 Å². The first-order chi connectivity index (χ1) is 12.8. The largest absolute Gasteiger partial charge is 0.433 e. The smallest absolute Gasteiger partial charge is 0.395 e. The molecular weight excluding hydrogens is 350 g/mol. The minimum atomic E-state index is -0.715. The first-order valence-electron chi connectivity index (χ1n) is 8.79. The maximum atomic E-state index is 13.0. The summed E-state index contributed by atoms with van der Waals surface area (Å²) in [6.45, 7) is 5.59. The van der Waals surface area contributed by atoms with Crippen molar-refractivity contribution in [1.82, 2.24) is 4.90 Å². The number of nitrogens with zero attached hydrogens (tertiary/aromatic N) is 2. The Morgan fingerprint density at radius 3 is 2.44 bits per heavy atom. The number of para-hydroxylation sites is 1. The van der Waals surface area contributed by atoms with E-state index in [1.807, 2.05) is 4.90 Å². The van der Waals surface area contributed by atoms with Crippen LogP contribution in [0.1, 0.15) is 41.2 Å². The van der Waals surface area contributed by atoms with E-state index in [-0.39, 0.29) is 11.7 Å². The van der Waals surface area contributed by atoms with E-state index in [1.165, 1.54) is 6.07 Å². The molecule has 8 nitrogen and oxygen atoms in total. The molecule has 2 amide bonds. The SMILES string of the molecule is CC1CC(C)CN(C(=O)c2ccccc2NC(=O)c2ccc([N+](=O)[O-])o2)C1. The van der Waals surface area contributed by atoms with Crippen LogP contribution in [0.4, 0.5) is 11.6 Å². The molecule has 2 atom stereocenters. The molecule has 2 aromatic rings. The van der Waals surface area contributed by atoms with Crippen molar-refractivity contribution in [1.29, 1.82) is 0 Å². The summed E-state index contributed by atoms with van der Waals surface area (Å²) in [5, 5.41) is 13.3. The van der Waals surface area contributed by atoms with E-state index in [2.05, 4.69) is 19.2 Å². The number of carbonyl (C=O) groups is 2. The van der Waals surface area contributed by atoms with Crippen molar-refractivity contribution < 1.29 is 18.9 Å². The predicted molar refractivity (Wildman–Crippen MR) is 98.6 cm³/mol. The third-order valence-electron chi connectivity index (χ3n) is 4.56. The number of nitrogens with one attached hydrogen (secondary N) is 1. The predicted octanol–water partition coefficient (Wildman–Crippen LogP) is 3.56. The Labute approximate surface area is 156 Å². The fourth-order valence-corrected chi connectivity index (χ4v) is 3.51. The van der Waals surface area contributed by atoms with Crippen molar-refractivity contribution in [2.45, 2.75) is 20.3 Å². The number of anilines is 1. The summed E-state index contributed by atoms with van der Waals surface area (Å²) < 4.78 is 4.92. The number of carbonyl (C=O) groups excluding carboxylic acids is 2. The maximum Gasteiger partial charge on any atom is 0.433 e. The van der Waals surface area contributed by atoms with Gasteiger partial charge in [0.2, 0.25) is 0 Å². The highest BCUT2D eigenvalue weighted by Crippen LogP contribution is 2.25. The summed E-state index contributed by atoms with van der Waals surface area (Å²) in [6.07, 6.45) is 1.08. The molecule has 3 rings (SSSR count). The van der Waals surface area contributed by atoms with Crippen LogP contribution in [0.3, 0.4) is 0 Å². The van der Waals surface area contributed by atoms with Crippen LogP contribution in [0.5, 0.6) is 0 Å². The zero-order valence-corrected chi connectivity index (χ0v) is 15.2. The lowest BCUT2D eigenvalue weighted by atomic mass is 9.91. The minimum Gasteiger partial charge on any atom is -0.395 e. The number of hydrogen-bond donors (Lipinski definition) is 1. The van der Waals surface area contributed by atoms with E-state index in [9.17, 15) is 19.7 Å². The van der Waals surface area contributed by atoms with Crippen molar-refractivity contribution in [2.24, 2.45) is 11.8 Å². The summed E-state index contributed by atoms with van der Waals surface area (Å²) in [5.74, 6) is -0.658. The Hall–Kier alpha value is -3.16. The van der Waals surface area contributed by atoms with Gasteiger partial charge in [-0.3, -0.25) is 19.7 Å². The second-order valence-electron chi connectivity index (χ2n) is 7.05. The molecule has 2 heterocycles. The Bertz CT molecular complexity index is 866. The minimum absolute atomic E-state index is 0.144. The highest BCUT2D eigenvalue weighted by Gasteiger charge is 2.28. The molecule has 0 saturated carbocycles. The lowest BCUT2D eigenvalue weighted by Gasteiger charge is -2.35. The van der Waals surface area contributed by atoms with Crippen LogP contribution in [-0.4, -0.2) is 34.7 Å². The molecule has 27 heavy (non-hydrogen) atoms. The number of benzene rings is 1. The summed E-state index contributed by atoms with van der Waals surface area (Å²) in [4.78, 5) is 37.1. The average Bonchev–Trinajstić information content (AvgIpc) is 3.11. The van der Waals surface area contributed by atoms with Gasteiger partial charge in [0.1, 0.15) is 4.92 Å². The Morgan fingerprint density at radius 1 is 1.15 bits per heavy atom. The summed E-state index contributed by atoms with van der Waals surface area (Å²) in [5.41, 5.74) is 0.727. The highest BCUT2D eigenvalue weighted by atomic mass is 16.6. The number of rotatable bonds is 4. The molecule has 1 aromatic carbocycles. The van der Waals surface area contributed by atoms with E-state index >= 15 is 0 Å². The molecule has 1 N–H and O–H groups in total. The maximum absolute atomic E-state index is 13.0.